The molecule has 1 amide bonds. The number of hydrogen-bond acceptors (Lipinski definition) is 3. The molecule has 0 bridgehead atoms. The molecule has 0 aliphatic carbocycles. The van der Waals surface area contributed by atoms with Gasteiger partial charge in [-0.15, -0.1) is 0 Å². The van der Waals surface area contributed by atoms with Crippen LogP contribution in [0.2, 0.25) is 0 Å². The quantitative estimate of drug-likeness (QED) is 0.822. The lowest BCUT2D eigenvalue weighted by Crippen LogP contribution is -2.37. The van der Waals surface area contributed by atoms with Gasteiger partial charge in [-0.2, -0.15) is 0 Å². The zero-order chi connectivity index (χ0) is 12.7. The molecule has 4 nitrogen and oxygen atoms in total. The molecule has 1 aromatic rings. The Morgan fingerprint density at radius 3 is 2.94 bits per heavy atom. The predicted molar refractivity (Wildman–Crippen MR) is 72.5 cm³/mol. The number of hydrogen-bond donors (Lipinski definition) is 2. The number of nitrogens with zero attached hydrogens (tertiary/aromatic N) is 1. The SMILES string of the molecule is CN(CC(=O)NCCN)Cc1cccc(Br)c1. The number of amides is 1. The molecule has 0 spiro atoms. The van der Waals surface area contributed by atoms with E-state index in [4.69, 9.17) is 5.73 Å². The van der Waals surface area contributed by atoms with Crippen LogP contribution in [0.15, 0.2) is 28.7 Å². The van der Waals surface area contributed by atoms with Crippen molar-refractivity contribution in [3.8, 4) is 0 Å². The Balaban J connectivity index is 2.39. The Bertz CT molecular complexity index is 371. The smallest absolute Gasteiger partial charge is 0.234 e. The van der Waals surface area contributed by atoms with Crippen molar-refractivity contribution in [2.24, 2.45) is 5.73 Å². The van der Waals surface area contributed by atoms with Gasteiger partial charge in [-0.1, -0.05) is 28.1 Å². The minimum absolute atomic E-state index is 0.00736. The summed E-state index contributed by atoms with van der Waals surface area (Å²) in [5.74, 6) is 0.00736. The van der Waals surface area contributed by atoms with Gasteiger partial charge in [0, 0.05) is 24.1 Å². The standard InChI is InChI=1S/C12H18BrN3O/c1-16(9-12(17)15-6-5-14)8-10-3-2-4-11(13)7-10/h2-4,7H,5-6,8-9,14H2,1H3,(H,15,17). The van der Waals surface area contributed by atoms with E-state index in [-0.39, 0.29) is 5.91 Å². The summed E-state index contributed by atoms with van der Waals surface area (Å²) in [6.45, 7) is 2.13. The third-order valence-corrected chi connectivity index (χ3v) is 2.71. The van der Waals surface area contributed by atoms with Gasteiger partial charge in [-0.3, -0.25) is 9.69 Å². The van der Waals surface area contributed by atoms with Crippen LogP contribution in [-0.2, 0) is 11.3 Å². The predicted octanol–water partition coefficient (Wildman–Crippen LogP) is 0.956. The molecule has 0 heterocycles. The summed E-state index contributed by atoms with van der Waals surface area (Å²) >= 11 is 3.43. The van der Waals surface area contributed by atoms with Gasteiger partial charge in [0.05, 0.1) is 6.54 Å². The highest BCUT2D eigenvalue weighted by Gasteiger charge is 2.06. The van der Waals surface area contributed by atoms with Crippen LogP contribution in [0.4, 0.5) is 0 Å². The molecule has 0 aromatic heterocycles. The van der Waals surface area contributed by atoms with Gasteiger partial charge in [-0.25, -0.2) is 0 Å². The second-order valence-electron chi connectivity index (χ2n) is 3.94. The number of nitrogens with one attached hydrogen (secondary N) is 1. The van der Waals surface area contributed by atoms with Crippen molar-refractivity contribution in [1.29, 1.82) is 0 Å². The van der Waals surface area contributed by atoms with E-state index in [1.165, 1.54) is 5.56 Å². The van der Waals surface area contributed by atoms with E-state index in [0.29, 0.717) is 19.6 Å². The van der Waals surface area contributed by atoms with Crippen LogP contribution < -0.4 is 11.1 Å². The van der Waals surface area contributed by atoms with E-state index >= 15 is 0 Å². The molecule has 0 fully saturated rings. The number of likely N-dealkylation sites (N-methyl/N-ethyl adjacent to an activating group) is 1. The number of carbonyl (C=O) groups is 1. The second kappa shape index (κ2) is 7.42. The Morgan fingerprint density at radius 2 is 2.29 bits per heavy atom. The Kier molecular flexibility index (Phi) is 6.18. The van der Waals surface area contributed by atoms with Gasteiger partial charge in [0.25, 0.3) is 0 Å². The van der Waals surface area contributed by atoms with Gasteiger partial charge < -0.3 is 11.1 Å². The number of rotatable bonds is 6. The first-order valence-electron chi connectivity index (χ1n) is 5.51. The number of nitrogens with two attached hydrogens (primary N) is 1. The maximum Gasteiger partial charge on any atom is 0.234 e. The minimum atomic E-state index is 0.00736. The lowest BCUT2D eigenvalue weighted by atomic mass is 10.2. The van der Waals surface area contributed by atoms with Gasteiger partial charge in [0.2, 0.25) is 5.91 Å². The molecule has 0 aliphatic heterocycles. The summed E-state index contributed by atoms with van der Waals surface area (Å²) in [6.07, 6.45) is 0. The molecule has 17 heavy (non-hydrogen) atoms. The highest BCUT2D eigenvalue weighted by Crippen LogP contribution is 2.12. The zero-order valence-electron chi connectivity index (χ0n) is 9.95. The fraction of sp³-hybridized carbons (Fsp3) is 0.417. The van der Waals surface area contributed by atoms with Crippen molar-refractivity contribution in [3.05, 3.63) is 34.3 Å². The summed E-state index contributed by atoms with van der Waals surface area (Å²) in [4.78, 5) is 13.4. The average Bonchev–Trinajstić information content (AvgIpc) is 2.26. The van der Waals surface area contributed by atoms with Gasteiger partial charge in [0.15, 0.2) is 0 Å². The maximum absolute atomic E-state index is 11.5. The van der Waals surface area contributed by atoms with E-state index < -0.39 is 0 Å². The van der Waals surface area contributed by atoms with Gasteiger partial charge >= 0.3 is 0 Å². The highest BCUT2D eigenvalue weighted by molar-refractivity contribution is 9.10. The maximum atomic E-state index is 11.5. The van der Waals surface area contributed by atoms with Crippen LogP contribution in [0.25, 0.3) is 0 Å². The van der Waals surface area contributed by atoms with E-state index in [2.05, 4.69) is 21.2 Å². The normalized spacial score (nSPS) is 10.6. The molecular formula is C12H18BrN3O. The van der Waals surface area contributed by atoms with Crippen molar-refractivity contribution in [2.75, 3.05) is 26.7 Å². The number of benzene rings is 1. The van der Waals surface area contributed by atoms with Crippen LogP contribution >= 0.6 is 15.9 Å². The molecule has 1 aromatic carbocycles. The number of halogens is 1. The molecule has 5 heteroatoms. The Labute approximate surface area is 110 Å². The van der Waals surface area contributed by atoms with Gasteiger partial charge in [-0.05, 0) is 24.7 Å². The molecule has 0 saturated carbocycles. The van der Waals surface area contributed by atoms with Crippen LogP contribution in [-0.4, -0.2) is 37.5 Å². The molecule has 94 valence electrons. The Morgan fingerprint density at radius 1 is 1.53 bits per heavy atom. The fourth-order valence-corrected chi connectivity index (χ4v) is 1.96. The van der Waals surface area contributed by atoms with Crippen LogP contribution in [0.3, 0.4) is 0 Å². The monoisotopic (exact) mass is 299 g/mol. The summed E-state index contributed by atoms with van der Waals surface area (Å²) in [6, 6.07) is 8.06. The number of carbonyl (C=O) groups excluding carboxylic acids is 1. The highest BCUT2D eigenvalue weighted by atomic mass is 79.9. The molecule has 0 aliphatic rings. The summed E-state index contributed by atoms with van der Waals surface area (Å²) in [5, 5.41) is 2.75. The van der Waals surface area contributed by atoms with Crippen molar-refractivity contribution < 1.29 is 4.79 Å². The molecule has 0 saturated heterocycles. The summed E-state index contributed by atoms with van der Waals surface area (Å²) in [5.41, 5.74) is 6.49. The third-order valence-electron chi connectivity index (χ3n) is 2.22. The largest absolute Gasteiger partial charge is 0.354 e. The second-order valence-corrected chi connectivity index (χ2v) is 4.86. The van der Waals surface area contributed by atoms with Crippen molar-refractivity contribution in [2.45, 2.75) is 6.54 Å². The lowest BCUT2D eigenvalue weighted by molar-refractivity contribution is -0.122. The molecular weight excluding hydrogens is 282 g/mol. The molecule has 0 radical (unpaired) electrons. The first-order valence-corrected chi connectivity index (χ1v) is 6.31. The molecule has 0 atom stereocenters. The topological polar surface area (TPSA) is 58.4 Å². The zero-order valence-corrected chi connectivity index (χ0v) is 11.5. The first kappa shape index (κ1) is 14.2. The van der Waals surface area contributed by atoms with Crippen molar-refractivity contribution in [1.82, 2.24) is 10.2 Å². The minimum Gasteiger partial charge on any atom is -0.354 e. The summed E-state index contributed by atoms with van der Waals surface area (Å²) < 4.78 is 1.05. The fourth-order valence-electron chi connectivity index (χ4n) is 1.52. The summed E-state index contributed by atoms with van der Waals surface area (Å²) in [7, 11) is 1.92. The van der Waals surface area contributed by atoms with Crippen LogP contribution in [0.1, 0.15) is 5.56 Å². The van der Waals surface area contributed by atoms with Crippen molar-refractivity contribution in [3.63, 3.8) is 0 Å². The van der Waals surface area contributed by atoms with Crippen molar-refractivity contribution >= 4 is 21.8 Å². The van der Waals surface area contributed by atoms with E-state index in [1.807, 2.05) is 36.2 Å². The molecule has 1 rings (SSSR count). The van der Waals surface area contributed by atoms with Gasteiger partial charge in [0.1, 0.15) is 0 Å². The van der Waals surface area contributed by atoms with E-state index in [1.54, 1.807) is 0 Å². The average molecular weight is 300 g/mol. The molecule has 0 unspecified atom stereocenters. The first-order chi connectivity index (χ1) is 8.11. The van der Waals surface area contributed by atoms with Crippen LogP contribution in [0, 0.1) is 0 Å². The lowest BCUT2D eigenvalue weighted by Gasteiger charge is -2.16. The Hall–Kier alpha value is -0.910. The van der Waals surface area contributed by atoms with E-state index in [9.17, 15) is 4.79 Å². The van der Waals surface area contributed by atoms with E-state index in [0.717, 1.165) is 11.0 Å². The third kappa shape index (κ3) is 5.81. The molecule has 3 N–H and O–H groups in total. The van der Waals surface area contributed by atoms with Crippen LogP contribution in [0.5, 0.6) is 0 Å².